The molecule has 0 saturated carbocycles. The third-order valence-electron chi connectivity index (χ3n) is 5.04. The Labute approximate surface area is 182 Å². The maximum absolute atomic E-state index is 13.7. The van der Waals surface area contributed by atoms with Crippen LogP contribution in [0.5, 0.6) is 0 Å². The van der Waals surface area contributed by atoms with E-state index in [0.717, 1.165) is 6.07 Å². The average Bonchev–Trinajstić information content (AvgIpc) is 2.68. The van der Waals surface area contributed by atoms with Crippen molar-refractivity contribution < 1.29 is 30.8 Å². The summed E-state index contributed by atoms with van der Waals surface area (Å²) < 4.78 is 77.4. The molecule has 0 aromatic heterocycles. The predicted octanol–water partition coefficient (Wildman–Crippen LogP) is 4.39. The monoisotopic (exact) mass is 478 g/mol. The van der Waals surface area contributed by atoms with Crippen molar-refractivity contribution in [2.45, 2.75) is 32.5 Å². The molecule has 0 fully saturated rings. The van der Waals surface area contributed by atoms with Crippen LogP contribution in [-0.2, 0) is 40.4 Å². The summed E-state index contributed by atoms with van der Waals surface area (Å²) in [5.74, 6) is -2.06. The molecule has 11 heteroatoms. The molecule has 1 aliphatic rings. The summed E-state index contributed by atoms with van der Waals surface area (Å²) >= 11 is 6.23. The first-order valence-corrected chi connectivity index (χ1v) is 11.3. The van der Waals surface area contributed by atoms with Crippen LogP contribution in [0, 0.1) is 5.82 Å². The molecule has 0 bridgehead atoms. The summed E-state index contributed by atoms with van der Waals surface area (Å²) in [5, 5.41) is 2.88. The average molecular weight is 479 g/mol. The highest BCUT2D eigenvalue weighted by Gasteiger charge is 2.34. The van der Waals surface area contributed by atoms with Crippen molar-refractivity contribution in [3.8, 4) is 0 Å². The first-order valence-electron chi connectivity index (χ1n) is 9.36. The molecule has 3 rings (SSSR count). The first-order chi connectivity index (χ1) is 14.4. The summed E-state index contributed by atoms with van der Waals surface area (Å²) in [4.78, 5) is 12.5. The summed E-state index contributed by atoms with van der Waals surface area (Å²) in [6, 6.07) is 5.54. The number of halogens is 5. The van der Waals surface area contributed by atoms with E-state index in [1.165, 1.54) is 10.4 Å². The van der Waals surface area contributed by atoms with Gasteiger partial charge in [0.25, 0.3) is 0 Å². The lowest BCUT2D eigenvalue weighted by Crippen LogP contribution is -2.37. The van der Waals surface area contributed by atoms with Gasteiger partial charge in [-0.05, 0) is 48.2 Å². The summed E-state index contributed by atoms with van der Waals surface area (Å²) in [6.07, 6.45) is -4.84. The Morgan fingerprint density at radius 2 is 1.94 bits per heavy atom. The van der Waals surface area contributed by atoms with Gasteiger partial charge in [-0.2, -0.15) is 17.5 Å². The molecule has 0 spiro atoms. The Balaban J connectivity index is 1.79. The van der Waals surface area contributed by atoms with Gasteiger partial charge >= 0.3 is 6.18 Å². The molecule has 168 valence electrons. The van der Waals surface area contributed by atoms with Crippen LogP contribution >= 0.6 is 11.6 Å². The van der Waals surface area contributed by atoms with E-state index in [-0.39, 0.29) is 35.8 Å². The number of fused-ring (bicyclic) bond motifs is 1. The quantitative estimate of drug-likeness (QED) is 0.648. The van der Waals surface area contributed by atoms with Gasteiger partial charge in [0, 0.05) is 13.1 Å². The van der Waals surface area contributed by atoms with E-state index in [4.69, 9.17) is 11.6 Å². The van der Waals surface area contributed by atoms with E-state index >= 15 is 0 Å². The fraction of sp³-hybridized carbons (Fsp3) is 0.350. The van der Waals surface area contributed by atoms with E-state index in [2.05, 4.69) is 5.32 Å². The Bertz CT molecular complexity index is 1120. The Hall–Kier alpha value is -2.17. The zero-order valence-electron chi connectivity index (χ0n) is 16.4. The summed E-state index contributed by atoms with van der Waals surface area (Å²) in [5.41, 5.74) is 0.392. The number of carbonyl (C=O) groups is 1. The van der Waals surface area contributed by atoms with Gasteiger partial charge in [-0.3, -0.25) is 4.79 Å². The topological polar surface area (TPSA) is 66.5 Å². The number of nitrogens with zero attached hydrogens (tertiary/aromatic N) is 1. The van der Waals surface area contributed by atoms with E-state index in [1.54, 1.807) is 13.0 Å². The minimum absolute atomic E-state index is 0.0246. The second-order valence-corrected chi connectivity index (χ2v) is 9.75. The fourth-order valence-electron chi connectivity index (χ4n) is 3.42. The van der Waals surface area contributed by atoms with E-state index in [9.17, 15) is 30.8 Å². The van der Waals surface area contributed by atoms with Gasteiger partial charge in [-0.25, -0.2) is 12.8 Å². The van der Waals surface area contributed by atoms with Crippen LogP contribution in [0.3, 0.4) is 0 Å². The smallest absolute Gasteiger partial charge is 0.324 e. The van der Waals surface area contributed by atoms with Gasteiger partial charge in [0.2, 0.25) is 15.9 Å². The highest BCUT2D eigenvalue weighted by Crippen LogP contribution is 2.34. The van der Waals surface area contributed by atoms with Crippen molar-refractivity contribution in [3.63, 3.8) is 0 Å². The number of anilines is 1. The van der Waals surface area contributed by atoms with E-state index in [1.807, 2.05) is 0 Å². The van der Waals surface area contributed by atoms with Crippen molar-refractivity contribution in [2.75, 3.05) is 17.6 Å². The van der Waals surface area contributed by atoms with Gasteiger partial charge in [-0.1, -0.05) is 23.7 Å². The molecule has 0 radical (unpaired) electrons. The second kappa shape index (κ2) is 8.76. The standard InChI is InChI=1S/C20H19ClF4N2O3S/c1-2-31(29,30)27-8-7-14-13(11-27)4-6-16(21)19(14)26-18(28)10-12-3-5-15(17(22)9-12)20(23,24)25/h3-6,9H,2,7-8,10-11H2,1H3,(H,26,28). The van der Waals surface area contributed by atoms with Crippen LogP contribution in [0.25, 0.3) is 0 Å². The molecule has 5 nitrogen and oxygen atoms in total. The molecule has 1 N–H and O–H groups in total. The van der Waals surface area contributed by atoms with Crippen molar-refractivity contribution >= 4 is 33.2 Å². The number of hydrogen-bond acceptors (Lipinski definition) is 3. The lowest BCUT2D eigenvalue weighted by molar-refractivity contribution is -0.140. The van der Waals surface area contributed by atoms with Crippen LogP contribution in [0.15, 0.2) is 30.3 Å². The zero-order chi connectivity index (χ0) is 23.0. The number of rotatable bonds is 5. The SMILES string of the molecule is CCS(=O)(=O)N1CCc2c(ccc(Cl)c2NC(=O)Cc2ccc(C(F)(F)F)c(F)c2)C1. The number of alkyl halides is 3. The number of hydrogen-bond donors (Lipinski definition) is 1. The lowest BCUT2D eigenvalue weighted by Gasteiger charge is -2.29. The third kappa shape index (κ3) is 5.19. The normalized spacial score (nSPS) is 14.9. The lowest BCUT2D eigenvalue weighted by atomic mass is 9.98. The van der Waals surface area contributed by atoms with Crippen LogP contribution in [0.4, 0.5) is 23.2 Å². The van der Waals surface area contributed by atoms with Crippen molar-refractivity contribution in [1.82, 2.24) is 4.31 Å². The molecule has 0 aliphatic carbocycles. The van der Waals surface area contributed by atoms with Crippen LogP contribution < -0.4 is 5.32 Å². The van der Waals surface area contributed by atoms with Gasteiger partial charge in [0.05, 0.1) is 28.4 Å². The number of sulfonamides is 1. The number of carbonyl (C=O) groups excluding carboxylic acids is 1. The Morgan fingerprint density at radius 1 is 1.23 bits per heavy atom. The Morgan fingerprint density at radius 3 is 2.55 bits per heavy atom. The van der Waals surface area contributed by atoms with E-state index in [0.29, 0.717) is 35.4 Å². The minimum Gasteiger partial charge on any atom is -0.324 e. The molecule has 31 heavy (non-hydrogen) atoms. The summed E-state index contributed by atoms with van der Waals surface area (Å²) in [6.45, 7) is 1.94. The molecule has 1 heterocycles. The first kappa shape index (κ1) is 23.5. The fourth-order valence-corrected chi connectivity index (χ4v) is 4.72. The van der Waals surface area contributed by atoms with Crippen LogP contribution in [0.2, 0.25) is 5.02 Å². The highest BCUT2D eigenvalue weighted by molar-refractivity contribution is 7.89. The maximum atomic E-state index is 13.7. The molecule has 0 atom stereocenters. The molecule has 2 aromatic rings. The number of benzene rings is 2. The molecule has 1 aliphatic heterocycles. The van der Waals surface area contributed by atoms with E-state index < -0.39 is 33.5 Å². The molecular formula is C20H19ClF4N2O3S. The van der Waals surface area contributed by atoms with Crippen molar-refractivity contribution in [1.29, 1.82) is 0 Å². The molecule has 0 saturated heterocycles. The maximum Gasteiger partial charge on any atom is 0.419 e. The van der Waals surface area contributed by atoms with Crippen LogP contribution in [0.1, 0.15) is 29.2 Å². The van der Waals surface area contributed by atoms with Gasteiger partial charge in [0.15, 0.2) is 0 Å². The molecular weight excluding hydrogens is 460 g/mol. The number of nitrogens with one attached hydrogen (secondary N) is 1. The molecule has 2 aromatic carbocycles. The van der Waals surface area contributed by atoms with Gasteiger partial charge in [-0.15, -0.1) is 0 Å². The largest absolute Gasteiger partial charge is 0.419 e. The Kier molecular flexibility index (Phi) is 6.64. The summed E-state index contributed by atoms with van der Waals surface area (Å²) in [7, 11) is -3.37. The molecule has 0 unspecified atom stereocenters. The van der Waals surface area contributed by atoms with Crippen molar-refractivity contribution in [2.24, 2.45) is 0 Å². The minimum atomic E-state index is -4.82. The predicted molar refractivity (Wildman–Crippen MR) is 109 cm³/mol. The van der Waals surface area contributed by atoms with Crippen LogP contribution in [-0.4, -0.2) is 30.9 Å². The zero-order valence-corrected chi connectivity index (χ0v) is 18.0. The van der Waals surface area contributed by atoms with Gasteiger partial charge < -0.3 is 5.32 Å². The number of amides is 1. The third-order valence-corrected chi connectivity index (χ3v) is 7.19. The second-order valence-electron chi connectivity index (χ2n) is 7.08. The highest BCUT2D eigenvalue weighted by atomic mass is 35.5. The molecule has 1 amide bonds. The van der Waals surface area contributed by atoms with Gasteiger partial charge in [0.1, 0.15) is 5.82 Å². The van der Waals surface area contributed by atoms with Crippen molar-refractivity contribution in [3.05, 3.63) is 63.4 Å².